The molecule has 0 spiro atoms. The number of aromatic hydroxyl groups is 1. The molecule has 3 unspecified atom stereocenters. The van der Waals surface area contributed by atoms with Gasteiger partial charge in [0.05, 0.1) is 69.9 Å². The molecule has 386 valence electrons. The molecule has 0 aromatic heterocycles. The summed E-state index contributed by atoms with van der Waals surface area (Å²) in [4.78, 5) is 81.3. The van der Waals surface area contributed by atoms with E-state index in [9.17, 15) is 57.6 Å². The van der Waals surface area contributed by atoms with Gasteiger partial charge in [0, 0.05) is 62.8 Å². The van der Waals surface area contributed by atoms with Crippen molar-refractivity contribution in [3.63, 3.8) is 0 Å². The van der Waals surface area contributed by atoms with Crippen LogP contribution in [0.2, 0.25) is 0 Å². The number of nitrogens with one attached hydrogen (secondary N) is 6. The van der Waals surface area contributed by atoms with E-state index in [0.29, 0.717) is 83.5 Å². The number of rotatable bonds is 34. The van der Waals surface area contributed by atoms with E-state index in [1.54, 1.807) is 26.0 Å². The fraction of sp³-hybridized carbons (Fsp3) is 0.391. The van der Waals surface area contributed by atoms with Crippen LogP contribution in [0.1, 0.15) is 78.6 Å². The van der Waals surface area contributed by atoms with Gasteiger partial charge in [0.25, 0.3) is 0 Å². The number of carbonyl (C=O) groups is 6. The SMILES string of the molecule is C=C(C)C(=O)NCCCCC(NOOSc1cc(O)c2ccc3c(S(=O)(=O)NC(CCCCNC(=O)C(=C)C)C(=O)[O-])cc(SOONC(CCCCNC(=O)C(=C)C)C(=O)[O-])c4ccc1c2c43)C(=O)[O-].[Na+].[Na+].[Na+]. The van der Waals surface area contributed by atoms with Gasteiger partial charge in [0.2, 0.25) is 27.7 Å². The van der Waals surface area contributed by atoms with Crippen LogP contribution in [0.3, 0.4) is 0 Å². The molecule has 22 nitrogen and oxygen atoms in total. The van der Waals surface area contributed by atoms with E-state index in [1.165, 1.54) is 31.2 Å². The summed E-state index contributed by atoms with van der Waals surface area (Å²) in [5, 5.41) is 56.8. The van der Waals surface area contributed by atoms with Crippen molar-refractivity contribution >= 4 is 102 Å². The van der Waals surface area contributed by atoms with Gasteiger partial charge in [0.15, 0.2) is 0 Å². The first-order valence-electron chi connectivity index (χ1n) is 22.1. The van der Waals surface area contributed by atoms with E-state index in [-0.39, 0.29) is 183 Å². The number of benzene rings is 4. The largest absolute Gasteiger partial charge is 1.00 e. The van der Waals surface area contributed by atoms with Gasteiger partial charge in [-0.3, -0.25) is 14.4 Å². The van der Waals surface area contributed by atoms with E-state index in [0.717, 1.165) is 0 Å². The standard InChI is InChI=1S/C46H58N6O16S3.3Na/c1-25(2)41(54)47-20-10-7-13-32(44(57)58)50-65-67-69-36-23-35(53)28-16-19-31-38(71(63,64)52-34(46(61)62)15-9-12-22-49-43(56)27(5)6)24-37(30-18-17-29(36)39(28)40(30)31)70-68-66-51-33(45(59)60)14-8-11-21-48-42(55)26(3)4;;;/h16-19,23-24,32-34,50-53H,1,3,5,7-15,20-22H2,2,4,6H3,(H,47,54)(H,48,55)(H,49,56)(H,57,58)(H,59,60)(H,61,62);;;/q;3*+1/p-3. The minimum absolute atomic E-state index is 0. The van der Waals surface area contributed by atoms with Gasteiger partial charge >= 0.3 is 88.7 Å². The fourth-order valence-corrected chi connectivity index (χ4v) is 9.57. The van der Waals surface area contributed by atoms with Crippen LogP contribution in [0.4, 0.5) is 0 Å². The van der Waals surface area contributed by atoms with E-state index >= 15 is 0 Å². The van der Waals surface area contributed by atoms with Gasteiger partial charge < -0.3 is 50.8 Å². The van der Waals surface area contributed by atoms with Gasteiger partial charge in [0.1, 0.15) is 5.75 Å². The van der Waals surface area contributed by atoms with Crippen LogP contribution in [-0.2, 0) is 57.4 Å². The molecule has 4 aromatic carbocycles. The smallest absolute Gasteiger partial charge is 0.548 e. The molecular weight excluding hydrogens is 1060 g/mol. The van der Waals surface area contributed by atoms with Crippen LogP contribution < -0.4 is 136 Å². The van der Waals surface area contributed by atoms with Crippen molar-refractivity contribution in [1.29, 1.82) is 0 Å². The molecule has 74 heavy (non-hydrogen) atoms. The average molecular weight is 1110 g/mol. The summed E-state index contributed by atoms with van der Waals surface area (Å²) in [5.74, 6) is -6.08. The van der Waals surface area contributed by atoms with Crippen molar-refractivity contribution in [3.05, 3.63) is 72.9 Å². The molecule has 3 amide bonds. The van der Waals surface area contributed by atoms with Crippen molar-refractivity contribution in [3.8, 4) is 5.75 Å². The van der Waals surface area contributed by atoms with E-state index < -0.39 is 56.9 Å². The number of sulfonamides is 1. The molecular formula is C46H55N6Na3O16S3. The summed E-state index contributed by atoms with van der Waals surface area (Å²) >= 11 is 1.05. The van der Waals surface area contributed by atoms with Crippen LogP contribution in [0.15, 0.2) is 87.5 Å². The Bertz CT molecular complexity index is 2750. The van der Waals surface area contributed by atoms with Crippen molar-refractivity contribution in [2.24, 2.45) is 0 Å². The van der Waals surface area contributed by atoms with Crippen molar-refractivity contribution < 1.29 is 165 Å². The Morgan fingerprint density at radius 3 is 1.31 bits per heavy atom. The molecule has 0 aliphatic rings. The van der Waals surface area contributed by atoms with E-state index in [4.69, 9.17) is 18.6 Å². The van der Waals surface area contributed by atoms with Gasteiger partial charge in [-0.25, -0.2) is 13.1 Å². The number of phenolic OH excluding ortho intramolecular Hbond substituents is 1. The maximum Gasteiger partial charge on any atom is 1.00 e. The number of hydrogen-bond acceptors (Lipinski definition) is 20. The summed E-state index contributed by atoms with van der Waals surface area (Å²) in [7, 11) is -4.76. The first kappa shape index (κ1) is 69.1. The molecule has 0 saturated carbocycles. The third kappa shape index (κ3) is 20.8. The Hall–Kier alpha value is -2.87. The minimum atomic E-state index is -4.76. The number of hydroxylamine groups is 2. The van der Waals surface area contributed by atoms with E-state index in [2.05, 4.69) is 51.4 Å². The number of unbranched alkanes of at least 4 members (excludes halogenated alkanes) is 3. The Balaban J connectivity index is 0.00000913. The quantitative estimate of drug-likeness (QED) is 0.00435. The second-order valence-electron chi connectivity index (χ2n) is 16.4. The average Bonchev–Trinajstić information content (AvgIpc) is 3.31. The molecule has 0 radical (unpaired) electrons. The zero-order chi connectivity index (χ0) is 52.4. The molecule has 0 bridgehead atoms. The first-order chi connectivity index (χ1) is 33.6. The van der Waals surface area contributed by atoms with Gasteiger partial charge in [-0.2, -0.15) is 11.0 Å². The number of hydrogen-bond donors (Lipinski definition) is 7. The van der Waals surface area contributed by atoms with Crippen molar-refractivity contribution in [2.75, 3.05) is 19.6 Å². The summed E-state index contributed by atoms with van der Waals surface area (Å²) < 4.78 is 41.5. The summed E-state index contributed by atoms with van der Waals surface area (Å²) in [5.41, 5.74) is 5.43. The second kappa shape index (κ2) is 34.1. The molecule has 0 saturated heterocycles. The summed E-state index contributed by atoms with van der Waals surface area (Å²) in [6, 6.07) is 4.19. The molecule has 0 aliphatic carbocycles. The van der Waals surface area contributed by atoms with Gasteiger partial charge in [-0.05, 0) is 108 Å². The Labute approximate surface area is 503 Å². The fourth-order valence-electron chi connectivity index (χ4n) is 6.91. The Morgan fingerprint density at radius 2 is 0.919 bits per heavy atom. The topological polar surface area (TPSA) is 335 Å². The number of carbonyl (C=O) groups excluding carboxylic acids is 6. The molecule has 28 heteroatoms. The number of carboxylic acid groups (broad SMARTS) is 3. The minimum Gasteiger partial charge on any atom is -0.548 e. The predicted octanol–water partition coefficient (Wildman–Crippen LogP) is -7.56. The Kier molecular flexibility index (Phi) is 31.9. The second-order valence-corrected chi connectivity index (χ2v) is 19.5. The van der Waals surface area contributed by atoms with Crippen molar-refractivity contribution in [1.82, 2.24) is 31.6 Å². The third-order valence-corrected chi connectivity index (χ3v) is 13.5. The monoisotopic (exact) mass is 1110 g/mol. The van der Waals surface area contributed by atoms with E-state index in [1.807, 2.05) is 0 Å². The molecule has 0 fully saturated rings. The molecule has 0 aliphatic heterocycles. The van der Waals surface area contributed by atoms with Crippen molar-refractivity contribution in [2.45, 2.75) is 111 Å². The molecule has 3 atom stereocenters. The Morgan fingerprint density at radius 1 is 0.568 bits per heavy atom. The van der Waals surface area contributed by atoms with Crippen LogP contribution in [-0.4, -0.2) is 86.9 Å². The molecule has 7 N–H and O–H groups in total. The maximum absolute atomic E-state index is 14.3. The zero-order valence-corrected chi connectivity index (χ0v) is 50.5. The van der Waals surface area contributed by atoms with Crippen LogP contribution in [0, 0.1) is 0 Å². The summed E-state index contributed by atoms with van der Waals surface area (Å²) in [6.45, 7) is 16.0. The van der Waals surface area contributed by atoms with Crippen LogP contribution >= 0.6 is 24.1 Å². The maximum atomic E-state index is 14.3. The number of amides is 3. The normalized spacial score (nSPS) is 12.4. The van der Waals surface area contributed by atoms with Gasteiger partial charge in [-0.1, -0.05) is 37.9 Å². The number of carboxylic acids is 3. The summed E-state index contributed by atoms with van der Waals surface area (Å²) in [6.07, 6.45) is 1.82. The molecule has 4 aromatic rings. The number of phenols is 1. The first-order valence-corrected chi connectivity index (χ1v) is 25.1. The third-order valence-electron chi connectivity index (χ3n) is 10.7. The van der Waals surface area contributed by atoms with Gasteiger partial charge in [-0.15, -0.1) is 18.6 Å². The predicted molar refractivity (Wildman–Crippen MR) is 256 cm³/mol. The number of aliphatic carboxylic acids is 3. The van der Waals surface area contributed by atoms with Crippen LogP contribution in [0.25, 0.3) is 32.3 Å². The zero-order valence-electron chi connectivity index (χ0n) is 42.1. The molecule has 0 heterocycles. The van der Waals surface area contributed by atoms with Crippen LogP contribution in [0.5, 0.6) is 5.75 Å². The molecule has 4 rings (SSSR count).